The molecule has 0 aliphatic carbocycles. The van der Waals surface area contributed by atoms with Crippen molar-refractivity contribution in [2.45, 2.75) is 0 Å². The summed E-state index contributed by atoms with van der Waals surface area (Å²) in [7, 11) is 3.71. The van der Waals surface area contributed by atoms with E-state index in [1.165, 1.54) is 0 Å². The molecule has 0 aliphatic heterocycles. The number of fused-ring (bicyclic) bond motifs is 1. The summed E-state index contributed by atoms with van der Waals surface area (Å²) in [6, 6.07) is 26.3. The summed E-state index contributed by atoms with van der Waals surface area (Å²) in [6.07, 6.45) is 2.05. The summed E-state index contributed by atoms with van der Waals surface area (Å²) >= 11 is 0. The van der Waals surface area contributed by atoms with E-state index in [9.17, 15) is 0 Å². The van der Waals surface area contributed by atoms with Gasteiger partial charge in [0.2, 0.25) is 0 Å². The zero-order valence-electron chi connectivity index (χ0n) is 16.3. The molecule has 142 valence electrons. The highest BCUT2D eigenvalue weighted by Crippen LogP contribution is 2.33. The van der Waals surface area contributed by atoms with Crippen LogP contribution in [0.2, 0.25) is 0 Å². The summed E-state index contributed by atoms with van der Waals surface area (Å²) in [4.78, 5) is 4.89. The zero-order chi connectivity index (χ0) is 19.8. The van der Waals surface area contributed by atoms with Gasteiger partial charge in [0.05, 0.1) is 29.4 Å². The van der Waals surface area contributed by atoms with Gasteiger partial charge in [0.1, 0.15) is 17.3 Å². The molecule has 5 nitrogen and oxygen atoms in total. The molecule has 29 heavy (non-hydrogen) atoms. The molecular formula is C24H20N4O. The minimum absolute atomic E-state index is 0.820. The Balaban J connectivity index is 1.74. The molecule has 0 unspecified atom stereocenters. The molecule has 3 aromatic carbocycles. The molecule has 5 heteroatoms. The lowest BCUT2D eigenvalue weighted by Gasteiger charge is -2.05. The highest BCUT2D eigenvalue weighted by atomic mass is 16.5. The van der Waals surface area contributed by atoms with Gasteiger partial charge in [0, 0.05) is 18.8 Å². The molecule has 5 rings (SSSR count). The van der Waals surface area contributed by atoms with E-state index < -0.39 is 0 Å². The third-order valence-electron chi connectivity index (χ3n) is 5.13. The van der Waals surface area contributed by atoms with Crippen LogP contribution < -0.4 is 4.74 Å². The molecule has 0 N–H and O–H groups in total. The van der Waals surface area contributed by atoms with E-state index >= 15 is 0 Å². The number of methoxy groups -OCH3 is 1. The average molecular weight is 380 g/mol. The van der Waals surface area contributed by atoms with Crippen LogP contribution in [0.3, 0.4) is 0 Å². The van der Waals surface area contributed by atoms with Crippen LogP contribution in [0.4, 0.5) is 0 Å². The predicted molar refractivity (Wildman–Crippen MR) is 115 cm³/mol. The Morgan fingerprint density at radius 1 is 0.828 bits per heavy atom. The second-order valence-electron chi connectivity index (χ2n) is 6.88. The van der Waals surface area contributed by atoms with E-state index in [2.05, 4.69) is 16.8 Å². The summed E-state index contributed by atoms with van der Waals surface area (Å²) in [5.74, 6) is 1.71. The van der Waals surface area contributed by atoms with E-state index in [1.807, 2.05) is 84.5 Å². The van der Waals surface area contributed by atoms with Crippen molar-refractivity contribution < 1.29 is 4.74 Å². The fourth-order valence-electron chi connectivity index (χ4n) is 3.60. The number of benzene rings is 3. The first-order valence-electron chi connectivity index (χ1n) is 9.46. The fraction of sp³-hybridized carbons (Fsp3) is 0.0833. The lowest BCUT2D eigenvalue weighted by molar-refractivity contribution is 0.415. The average Bonchev–Trinajstić information content (AvgIpc) is 3.36. The van der Waals surface area contributed by atoms with E-state index in [0.717, 1.165) is 45.1 Å². The van der Waals surface area contributed by atoms with Crippen molar-refractivity contribution in [3.63, 3.8) is 0 Å². The second-order valence-corrected chi connectivity index (χ2v) is 6.88. The lowest BCUT2D eigenvalue weighted by Crippen LogP contribution is -1.94. The number of hydrogen-bond donors (Lipinski definition) is 0. The first kappa shape index (κ1) is 17.3. The quantitative estimate of drug-likeness (QED) is 0.436. The Morgan fingerprint density at radius 3 is 2.28 bits per heavy atom. The van der Waals surface area contributed by atoms with Crippen LogP contribution in [-0.2, 0) is 7.05 Å². The third-order valence-corrected chi connectivity index (χ3v) is 5.13. The minimum Gasteiger partial charge on any atom is -0.497 e. The van der Waals surface area contributed by atoms with Gasteiger partial charge in [-0.2, -0.15) is 5.10 Å². The Bertz CT molecular complexity index is 1280. The summed E-state index contributed by atoms with van der Waals surface area (Å²) in [5, 5.41) is 4.92. The van der Waals surface area contributed by atoms with Crippen LogP contribution in [0.1, 0.15) is 0 Å². The van der Waals surface area contributed by atoms with Gasteiger partial charge in [-0.3, -0.25) is 0 Å². The summed E-state index contributed by atoms with van der Waals surface area (Å²) in [6.45, 7) is 0. The Morgan fingerprint density at radius 2 is 1.55 bits per heavy atom. The fourth-order valence-corrected chi connectivity index (χ4v) is 3.60. The van der Waals surface area contributed by atoms with Crippen LogP contribution in [0, 0.1) is 0 Å². The normalized spacial score (nSPS) is 11.1. The van der Waals surface area contributed by atoms with E-state index in [0.29, 0.717) is 0 Å². The lowest BCUT2D eigenvalue weighted by atomic mass is 10.1. The van der Waals surface area contributed by atoms with Crippen LogP contribution in [0.5, 0.6) is 5.75 Å². The Labute approximate surface area is 168 Å². The van der Waals surface area contributed by atoms with Crippen LogP contribution in [0.25, 0.3) is 39.4 Å². The third kappa shape index (κ3) is 2.97. The van der Waals surface area contributed by atoms with Crippen molar-refractivity contribution in [1.82, 2.24) is 19.3 Å². The van der Waals surface area contributed by atoms with Crippen molar-refractivity contribution in [2.24, 2.45) is 7.05 Å². The van der Waals surface area contributed by atoms with Crippen molar-refractivity contribution >= 4 is 11.0 Å². The number of rotatable bonds is 4. The zero-order valence-corrected chi connectivity index (χ0v) is 16.3. The maximum absolute atomic E-state index is 5.31. The van der Waals surface area contributed by atoms with E-state index in [1.54, 1.807) is 7.11 Å². The Kier molecular flexibility index (Phi) is 4.13. The van der Waals surface area contributed by atoms with Gasteiger partial charge in [-0.05, 0) is 48.5 Å². The smallest absolute Gasteiger partial charge is 0.144 e. The van der Waals surface area contributed by atoms with E-state index in [4.69, 9.17) is 14.8 Å². The SMILES string of the molecule is COc1ccc(-c2nn(-c3ccccc3)cc2-c2nc3ccccc3n2C)cc1. The summed E-state index contributed by atoms with van der Waals surface area (Å²) < 4.78 is 9.34. The first-order chi connectivity index (χ1) is 14.2. The molecule has 0 atom stereocenters. The molecule has 0 amide bonds. The monoisotopic (exact) mass is 380 g/mol. The molecule has 0 radical (unpaired) electrons. The van der Waals surface area contributed by atoms with Gasteiger partial charge < -0.3 is 9.30 Å². The van der Waals surface area contributed by atoms with E-state index in [-0.39, 0.29) is 0 Å². The summed E-state index contributed by atoms with van der Waals surface area (Å²) in [5.41, 5.74) is 5.95. The topological polar surface area (TPSA) is 44.9 Å². The molecule has 0 bridgehead atoms. The van der Waals surface area contributed by atoms with Crippen molar-refractivity contribution in [1.29, 1.82) is 0 Å². The molecule has 0 spiro atoms. The van der Waals surface area contributed by atoms with Gasteiger partial charge in [-0.15, -0.1) is 0 Å². The number of imidazole rings is 1. The molecule has 0 fully saturated rings. The van der Waals surface area contributed by atoms with Gasteiger partial charge in [-0.25, -0.2) is 9.67 Å². The van der Waals surface area contributed by atoms with Gasteiger partial charge in [-0.1, -0.05) is 30.3 Å². The van der Waals surface area contributed by atoms with Crippen molar-refractivity contribution in [3.05, 3.63) is 85.1 Å². The largest absolute Gasteiger partial charge is 0.497 e. The number of aromatic nitrogens is 4. The van der Waals surface area contributed by atoms with Crippen molar-refractivity contribution in [3.8, 4) is 34.1 Å². The number of ether oxygens (including phenoxy) is 1. The molecule has 0 saturated heterocycles. The molecule has 0 saturated carbocycles. The molecule has 5 aromatic rings. The molecular weight excluding hydrogens is 360 g/mol. The minimum atomic E-state index is 0.820. The number of para-hydroxylation sites is 3. The number of hydrogen-bond acceptors (Lipinski definition) is 3. The molecule has 0 aliphatic rings. The van der Waals surface area contributed by atoms with Gasteiger partial charge >= 0.3 is 0 Å². The number of aryl methyl sites for hydroxylation is 1. The van der Waals surface area contributed by atoms with Crippen LogP contribution in [-0.4, -0.2) is 26.4 Å². The first-order valence-corrected chi connectivity index (χ1v) is 9.46. The molecule has 2 heterocycles. The molecule has 2 aromatic heterocycles. The highest BCUT2D eigenvalue weighted by Gasteiger charge is 2.19. The van der Waals surface area contributed by atoms with Gasteiger partial charge in [0.25, 0.3) is 0 Å². The standard InChI is InChI=1S/C24H20N4O/c1-27-22-11-7-6-10-21(22)25-24(27)20-16-28(18-8-4-3-5-9-18)26-23(20)17-12-14-19(29-2)15-13-17/h3-16H,1-2H3. The maximum Gasteiger partial charge on any atom is 0.144 e. The highest BCUT2D eigenvalue weighted by molar-refractivity contribution is 5.85. The van der Waals surface area contributed by atoms with Crippen LogP contribution >= 0.6 is 0 Å². The van der Waals surface area contributed by atoms with Crippen molar-refractivity contribution in [2.75, 3.05) is 7.11 Å². The van der Waals surface area contributed by atoms with Gasteiger partial charge in [0.15, 0.2) is 0 Å². The van der Waals surface area contributed by atoms with Crippen LogP contribution in [0.15, 0.2) is 85.1 Å². The predicted octanol–water partition coefficient (Wildman–Crippen LogP) is 5.10. The Hall–Kier alpha value is -3.86. The second kappa shape index (κ2) is 6.95. The maximum atomic E-state index is 5.31. The number of nitrogens with zero attached hydrogens (tertiary/aromatic N) is 4.